The Morgan fingerprint density at radius 2 is 0.494 bits per heavy atom. The van der Waals surface area contributed by atoms with E-state index in [1.165, 1.54) is 117 Å². The van der Waals surface area contributed by atoms with Gasteiger partial charge in [-0.2, -0.15) is 0 Å². The highest BCUT2D eigenvalue weighted by Crippen LogP contribution is 2.57. The second-order valence-electron chi connectivity index (χ2n) is 24.0. The van der Waals surface area contributed by atoms with Crippen LogP contribution in [0.1, 0.15) is 121 Å². The number of fused-ring (bicyclic) bond motifs is 12. The van der Waals surface area contributed by atoms with E-state index in [9.17, 15) is 0 Å². The van der Waals surface area contributed by atoms with E-state index in [1.54, 1.807) is 21.3 Å². The van der Waals surface area contributed by atoms with Crippen molar-refractivity contribution in [1.82, 2.24) is 0 Å². The Morgan fingerprint density at radius 1 is 0.276 bits per heavy atom. The lowest BCUT2D eigenvalue weighted by atomic mass is 9.89. The third-order valence-corrected chi connectivity index (χ3v) is 19.1. The summed E-state index contributed by atoms with van der Waals surface area (Å²) < 4.78 is 18.7. The van der Waals surface area contributed by atoms with E-state index in [-0.39, 0.29) is 17.8 Å². The molecule has 10 aromatic carbocycles. The van der Waals surface area contributed by atoms with Crippen LogP contribution in [0, 0.1) is 53.3 Å². The normalized spacial score (nSPS) is 16.4. The van der Waals surface area contributed by atoms with Crippen molar-refractivity contribution in [2.24, 2.45) is 17.8 Å². The summed E-state index contributed by atoms with van der Waals surface area (Å²) in [5.74, 6) is 25.5. The molecular formula is C84H60O3. The molecule has 0 fully saturated rings. The molecule has 0 aromatic heterocycles. The first-order chi connectivity index (χ1) is 42.8. The van der Waals surface area contributed by atoms with Crippen LogP contribution in [0.3, 0.4) is 0 Å². The van der Waals surface area contributed by atoms with Crippen LogP contribution in [0.15, 0.2) is 200 Å². The molecule has 3 nitrogen and oxygen atoms in total. The van der Waals surface area contributed by atoms with E-state index < -0.39 is 0 Å². The lowest BCUT2D eigenvalue weighted by Gasteiger charge is -2.16. The van der Waals surface area contributed by atoms with Gasteiger partial charge < -0.3 is 14.2 Å². The minimum Gasteiger partial charge on any atom is -0.496 e. The largest absolute Gasteiger partial charge is 0.496 e. The SMILES string of the molecule is COc1ccc(C#Cc2cc(C#Cc3ccc(OC)c4c3CC(C)C4=C3c4ccccc4-c4ccccc43)cc(C#Cc3ccc(OC)c4c3CC(C)C4=C3c4ccccc4-c4ccccc43)c2)c2c1C(=C1c3ccccc3-c3ccccc31)C(C)C2. The number of methoxy groups -OCH3 is 3. The van der Waals surface area contributed by atoms with Gasteiger partial charge in [0.25, 0.3) is 0 Å². The molecule has 0 amide bonds. The van der Waals surface area contributed by atoms with Gasteiger partial charge in [0.1, 0.15) is 17.2 Å². The van der Waals surface area contributed by atoms with Crippen molar-refractivity contribution >= 4 is 33.4 Å². The topological polar surface area (TPSA) is 27.7 Å². The predicted molar refractivity (Wildman–Crippen MR) is 355 cm³/mol. The summed E-state index contributed by atoms with van der Waals surface area (Å²) >= 11 is 0. The molecule has 0 heterocycles. The van der Waals surface area contributed by atoms with Crippen molar-refractivity contribution in [3.63, 3.8) is 0 Å². The molecule has 10 aromatic rings. The van der Waals surface area contributed by atoms with Gasteiger partial charge in [0, 0.05) is 50.1 Å². The molecule has 0 saturated heterocycles. The summed E-state index contributed by atoms with van der Waals surface area (Å²) in [5, 5.41) is 0. The van der Waals surface area contributed by atoms with Gasteiger partial charge in [-0.15, -0.1) is 0 Å². The van der Waals surface area contributed by atoms with Gasteiger partial charge in [-0.25, -0.2) is 0 Å². The first kappa shape index (κ1) is 52.1. The lowest BCUT2D eigenvalue weighted by molar-refractivity contribution is 0.413. The number of ether oxygens (including phenoxy) is 3. The summed E-state index contributed by atoms with van der Waals surface area (Å²) in [6, 6.07) is 72.0. The molecule has 6 aliphatic carbocycles. The lowest BCUT2D eigenvalue weighted by Crippen LogP contribution is -1.98. The Bertz CT molecular complexity index is 4330. The van der Waals surface area contributed by atoms with Gasteiger partial charge in [-0.05, 0) is 209 Å². The maximum atomic E-state index is 6.23. The van der Waals surface area contributed by atoms with E-state index in [2.05, 4.69) is 256 Å². The van der Waals surface area contributed by atoms with Crippen LogP contribution < -0.4 is 14.2 Å². The summed E-state index contributed by atoms with van der Waals surface area (Å²) in [7, 11) is 5.36. The van der Waals surface area contributed by atoms with Crippen molar-refractivity contribution in [2.45, 2.75) is 40.0 Å². The van der Waals surface area contributed by atoms with Gasteiger partial charge in [0.05, 0.1) is 21.3 Å². The number of rotatable bonds is 3. The summed E-state index contributed by atoms with van der Waals surface area (Å²) in [5.41, 5.74) is 35.8. The Kier molecular flexibility index (Phi) is 12.4. The third-order valence-electron chi connectivity index (χ3n) is 19.1. The van der Waals surface area contributed by atoms with Crippen LogP contribution in [0.2, 0.25) is 0 Å². The molecule has 0 bridgehead atoms. The van der Waals surface area contributed by atoms with Crippen molar-refractivity contribution in [1.29, 1.82) is 0 Å². The molecule has 3 heteroatoms. The summed E-state index contributed by atoms with van der Waals surface area (Å²) in [6.07, 6.45) is 2.56. The molecule has 16 rings (SSSR count). The Morgan fingerprint density at radius 3 is 0.713 bits per heavy atom. The average Bonchev–Trinajstić information content (AvgIpc) is 1.65. The van der Waals surface area contributed by atoms with Gasteiger partial charge in [0.15, 0.2) is 0 Å². The van der Waals surface area contributed by atoms with E-state index in [4.69, 9.17) is 14.2 Å². The van der Waals surface area contributed by atoms with Crippen LogP contribution >= 0.6 is 0 Å². The highest BCUT2D eigenvalue weighted by molar-refractivity contribution is 6.15. The van der Waals surface area contributed by atoms with Crippen LogP contribution in [0.25, 0.3) is 66.8 Å². The fourth-order valence-electron chi connectivity index (χ4n) is 15.5. The molecule has 414 valence electrons. The zero-order valence-corrected chi connectivity index (χ0v) is 49.6. The summed E-state index contributed by atoms with van der Waals surface area (Å²) in [6.45, 7) is 7.05. The molecule has 0 aliphatic heterocycles. The first-order valence-electron chi connectivity index (χ1n) is 30.4. The number of hydrogen-bond acceptors (Lipinski definition) is 3. The van der Waals surface area contributed by atoms with Crippen LogP contribution in [-0.4, -0.2) is 21.3 Å². The first-order valence-corrected chi connectivity index (χ1v) is 30.4. The fourth-order valence-corrected chi connectivity index (χ4v) is 15.5. The Labute approximate surface area is 510 Å². The second-order valence-corrected chi connectivity index (χ2v) is 24.0. The second kappa shape index (κ2) is 20.6. The smallest absolute Gasteiger partial charge is 0.126 e. The number of allylic oxidation sites excluding steroid dienone is 3. The van der Waals surface area contributed by atoms with Crippen LogP contribution in [0.5, 0.6) is 17.2 Å². The summed E-state index contributed by atoms with van der Waals surface area (Å²) in [4.78, 5) is 0. The minimum atomic E-state index is 0.241. The van der Waals surface area contributed by atoms with Gasteiger partial charge >= 0.3 is 0 Å². The van der Waals surface area contributed by atoms with Gasteiger partial charge in [-0.1, -0.05) is 202 Å². The monoisotopic (exact) mass is 1120 g/mol. The molecule has 3 atom stereocenters. The van der Waals surface area contributed by atoms with Gasteiger partial charge in [0.2, 0.25) is 0 Å². The highest BCUT2D eigenvalue weighted by Gasteiger charge is 2.39. The number of hydrogen-bond donors (Lipinski definition) is 0. The Balaban J connectivity index is 0.842. The highest BCUT2D eigenvalue weighted by atomic mass is 16.5. The predicted octanol–water partition coefficient (Wildman–Crippen LogP) is 18.3. The molecule has 0 N–H and O–H groups in total. The quantitative estimate of drug-likeness (QED) is 0.165. The standard InChI is InChI=1S/C84H60O3/c1-49-43-70-55(37-40-73(85-4)82(70)76(49)79-64-25-13-7-19-58(64)59-20-8-14-26-65(59)79)34-31-52-46-53(32-35-56-38-41-74(86-5)83-71(56)44-50(2)77(83)80-66-27-15-9-21-60(66)61-22-10-16-28-67(61)80)48-54(47-52)33-36-57-39-42-75(87-6)84-72(57)45-51(3)78(84)81-68-29-17-11-23-62(68)63-24-12-18-30-69(63)81/h7-30,37-42,46-51H,43-45H2,1-6H3. The van der Waals surface area contributed by atoms with Crippen molar-refractivity contribution < 1.29 is 14.2 Å². The molecular weight excluding hydrogens is 1060 g/mol. The zero-order valence-electron chi connectivity index (χ0n) is 49.6. The minimum absolute atomic E-state index is 0.241. The van der Waals surface area contributed by atoms with Crippen molar-refractivity contribution in [3.8, 4) is 86.2 Å². The molecule has 0 saturated carbocycles. The zero-order chi connectivity index (χ0) is 58.6. The van der Waals surface area contributed by atoms with E-state index in [0.717, 1.165) is 86.6 Å². The third kappa shape index (κ3) is 8.17. The molecule has 6 aliphatic rings. The maximum Gasteiger partial charge on any atom is 0.126 e. The molecule has 0 spiro atoms. The van der Waals surface area contributed by atoms with Gasteiger partial charge in [-0.3, -0.25) is 0 Å². The average molecular weight is 1120 g/mol. The van der Waals surface area contributed by atoms with Crippen LogP contribution in [-0.2, 0) is 19.3 Å². The van der Waals surface area contributed by atoms with E-state index in [0.29, 0.717) is 0 Å². The maximum absolute atomic E-state index is 6.23. The number of benzene rings is 10. The molecule has 3 unspecified atom stereocenters. The van der Waals surface area contributed by atoms with Crippen LogP contribution in [0.4, 0.5) is 0 Å². The molecule has 0 radical (unpaired) electrons. The molecule has 87 heavy (non-hydrogen) atoms. The fraction of sp³-hybridized carbons (Fsp3) is 0.143. The Hall–Kier alpha value is -10.5. The van der Waals surface area contributed by atoms with E-state index in [1.807, 2.05) is 0 Å². The van der Waals surface area contributed by atoms with Crippen molar-refractivity contribution in [3.05, 3.63) is 300 Å². The van der Waals surface area contributed by atoms with Crippen molar-refractivity contribution in [2.75, 3.05) is 21.3 Å². The van der Waals surface area contributed by atoms with E-state index >= 15 is 0 Å².